The van der Waals surface area contributed by atoms with Gasteiger partial charge in [0.25, 0.3) is 5.91 Å². The standard InChI is InChI=1S/C13H15FN2O3/c14-11-10(3-1-5-15-11)12(17)16-6-2-4-13(9-16)18-7-8-19-13/h1,3,5H,2,4,6-9H2. The number of ether oxygens (including phenoxy) is 2. The van der Waals surface area contributed by atoms with Gasteiger partial charge in [-0.15, -0.1) is 0 Å². The number of hydrogen-bond acceptors (Lipinski definition) is 4. The third kappa shape index (κ3) is 2.33. The molecule has 5 nitrogen and oxygen atoms in total. The van der Waals surface area contributed by atoms with E-state index in [1.807, 2.05) is 0 Å². The SMILES string of the molecule is O=C(c1cccnc1F)N1CCCC2(C1)OCCO2. The smallest absolute Gasteiger partial charge is 0.258 e. The maximum atomic E-state index is 13.5. The lowest BCUT2D eigenvalue weighted by molar-refractivity contribution is -0.183. The van der Waals surface area contributed by atoms with Crippen LogP contribution >= 0.6 is 0 Å². The number of amides is 1. The van der Waals surface area contributed by atoms with Crippen LogP contribution in [-0.4, -0.2) is 47.9 Å². The molecular formula is C13H15FN2O3. The first kappa shape index (κ1) is 12.5. The molecule has 1 amide bonds. The summed E-state index contributed by atoms with van der Waals surface area (Å²) in [5, 5.41) is 0. The van der Waals surface area contributed by atoms with Gasteiger partial charge in [-0.05, 0) is 18.6 Å². The minimum atomic E-state index is -0.736. The van der Waals surface area contributed by atoms with Crippen molar-refractivity contribution in [3.63, 3.8) is 0 Å². The van der Waals surface area contributed by atoms with Gasteiger partial charge < -0.3 is 14.4 Å². The van der Waals surface area contributed by atoms with Crippen LogP contribution in [0.2, 0.25) is 0 Å². The van der Waals surface area contributed by atoms with E-state index in [1.165, 1.54) is 12.3 Å². The van der Waals surface area contributed by atoms with Crippen LogP contribution in [0, 0.1) is 5.95 Å². The summed E-state index contributed by atoms with van der Waals surface area (Å²) in [4.78, 5) is 17.4. The van der Waals surface area contributed by atoms with E-state index in [2.05, 4.69) is 4.98 Å². The molecule has 2 saturated heterocycles. The van der Waals surface area contributed by atoms with Gasteiger partial charge in [0.1, 0.15) is 0 Å². The van der Waals surface area contributed by atoms with Gasteiger partial charge >= 0.3 is 0 Å². The number of carbonyl (C=O) groups excluding carboxylic acids is 1. The number of piperidine rings is 1. The molecule has 2 fully saturated rings. The van der Waals surface area contributed by atoms with Crippen molar-refractivity contribution in [1.29, 1.82) is 0 Å². The molecule has 1 aromatic rings. The lowest BCUT2D eigenvalue weighted by Crippen LogP contribution is -2.51. The molecule has 0 N–H and O–H groups in total. The summed E-state index contributed by atoms with van der Waals surface area (Å²) in [6.07, 6.45) is 2.88. The average Bonchev–Trinajstić information content (AvgIpc) is 2.86. The lowest BCUT2D eigenvalue weighted by Gasteiger charge is -2.38. The van der Waals surface area contributed by atoms with E-state index in [9.17, 15) is 9.18 Å². The van der Waals surface area contributed by atoms with Gasteiger partial charge in [-0.3, -0.25) is 4.79 Å². The highest BCUT2D eigenvalue weighted by atomic mass is 19.1. The molecule has 0 aliphatic carbocycles. The van der Waals surface area contributed by atoms with Gasteiger partial charge in [-0.1, -0.05) is 0 Å². The van der Waals surface area contributed by atoms with Crippen molar-refractivity contribution in [1.82, 2.24) is 9.88 Å². The first-order valence-corrected chi connectivity index (χ1v) is 6.38. The minimum Gasteiger partial charge on any atom is -0.346 e. The fraction of sp³-hybridized carbons (Fsp3) is 0.538. The van der Waals surface area contributed by atoms with Crippen LogP contribution in [-0.2, 0) is 9.47 Å². The van der Waals surface area contributed by atoms with Crippen LogP contribution in [0.15, 0.2) is 18.3 Å². The molecule has 1 spiro atoms. The van der Waals surface area contributed by atoms with Crippen molar-refractivity contribution in [3.05, 3.63) is 29.8 Å². The fourth-order valence-electron chi connectivity index (χ4n) is 2.61. The Balaban J connectivity index is 1.78. The summed E-state index contributed by atoms with van der Waals surface area (Å²) in [7, 11) is 0. The predicted molar refractivity (Wildman–Crippen MR) is 64.0 cm³/mol. The molecule has 2 aliphatic rings. The Hall–Kier alpha value is -1.53. The zero-order chi connectivity index (χ0) is 13.3. The molecular weight excluding hydrogens is 251 g/mol. The Morgan fingerprint density at radius 3 is 2.95 bits per heavy atom. The molecule has 102 valence electrons. The second-order valence-corrected chi connectivity index (χ2v) is 4.78. The number of likely N-dealkylation sites (tertiary alicyclic amines) is 1. The summed E-state index contributed by atoms with van der Waals surface area (Å²) in [6, 6.07) is 3.00. The third-order valence-corrected chi connectivity index (χ3v) is 3.51. The van der Waals surface area contributed by atoms with E-state index in [0.29, 0.717) is 26.3 Å². The highest BCUT2D eigenvalue weighted by Crippen LogP contribution is 2.30. The molecule has 0 radical (unpaired) electrons. The van der Waals surface area contributed by atoms with E-state index < -0.39 is 11.7 Å². The molecule has 0 atom stereocenters. The molecule has 6 heteroatoms. The molecule has 0 unspecified atom stereocenters. The molecule has 3 rings (SSSR count). The lowest BCUT2D eigenvalue weighted by atomic mass is 10.0. The van der Waals surface area contributed by atoms with E-state index in [-0.39, 0.29) is 11.5 Å². The summed E-state index contributed by atoms with van der Waals surface area (Å²) < 4.78 is 24.7. The van der Waals surface area contributed by atoms with Gasteiger partial charge in [-0.25, -0.2) is 4.98 Å². The number of aromatic nitrogens is 1. The van der Waals surface area contributed by atoms with Gasteiger partial charge in [0.2, 0.25) is 5.95 Å². The number of carbonyl (C=O) groups is 1. The van der Waals surface area contributed by atoms with Crippen LogP contribution in [0.1, 0.15) is 23.2 Å². The number of pyridine rings is 1. The quantitative estimate of drug-likeness (QED) is 0.717. The Kier molecular flexibility index (Phi) is 3.20. The number of halogens is 1. The number of rotatable bonds is 1. The van der Waals surface area contributed by atoms with Crippen LogP contribution in [0.25, 0.3) is 0 Å². The molecule has 1 aromatic heterocycles. The largest absolute Gasteiger partial charge is 0.346 e. The highest BCUT2D eigenvalue weighted by Gasteiger charge is 2.42. The summed E-state index contributed by atoms with van der Waals surface area (Å²) >= 11 is 0. The van der Waals surface area contributed by atoms with Crippen molar-refractivity contribution in [2.45, 2.75) is 18.6 Å². The second kappa shape index (κ2) is 4.86. The fourth-order valence-corrected chi connectivity index (χ4v) is 2.61. The zero-order valence-electron chi connectivity index (χ0n) is 10.5. The van der Waals surface area contributed by atoms with Crippen molar-refractivity contribution < 1.29 is 18.7 Å². The molecule has 0 aromatic carbocycles. The van der Waals surface area contributed by atoms with E-state index >= 15 is 0 Å². The first-order valence-electron chi connectivity index (χ1n) is 6.38. The number of hydrogen-bond donors (Lipinski definition) is 0. The molecule has 0 saturated carbocycles. The summed E-state index contributed by atoms with van der Waals surface area (Å²) in [6.45, 7) is 2.02. The Morgan fingerprint density at radius 1 is 1.42 bits per heavy atom. The van der Waals surface area contributed by atoms with Crippen LogP contribution in [0.4, 0.5) is 4.39 Å². The summed E-state index contributed by atoms with van der Waals surface area (Å²) in [5.41, 5.74) is -0.00227. The zero-order valence-corrected chi connectivity index (χ0v) is 10.5. The maximum Gasteiger partial charge on any atom is 0.258 e. The summed E-state index contributed by atoms with van der Waals surface area (Å²) in [5.74, 6) is -1.78. The van der Waals surface area contributed by atoms with E-state index in [4.69, 9.17) is 9.47 Å². The molecule has 3 heterocycles. The van der Waals surface area contributed by atoms with Crippen LogP contribution < -0.4 is 0 Å². The molecule has 2 aliphatic heterocycles. The molecule has 19 heavy (non-hydrogen) atoms. The monoisotopic (exact) mass is 266 g/mol. The van der Waals surface area contributed by atoms with Gasteiger partial charge in [0.15, 0.2) is 5.79 Å². The third-order valence-electron chi connectivity index (χ3n) is 3.51. The van der Waals surface area contributed by atoms with E-state index in [1.54, 1.807) is 11.0 Å². The van der Waals surface area contributed by atoms with Gasteiger partial charge in [0, 0.05) is 19.2 Å². The highest BCUT2D eigenvalue weighted by molar-refractivity contribution is 5.94. The van der Waals surface area contributed by atoms with Crippen LogP contribution in [0.3, 0.4) is 0 Å². The normalized spacial score (nSPS) is 21.8. The Labute approximate surface area is 110 Å². The minimum absolute atomic E-state index is 0.00227. The number of nitrogens with zero attached hydrogens (tertiary/aromatic N) is 2. The second-order valence-electron chi connectivity index (χ2n) is 4.78. The maximum absolute atomic E-state index is 13.5. The average molecular weight is 266 g/mol. The Morgan fingerprint density at radius 2 is 2.21 bits per heavy atom. The van der Waals surface area contributed by atoms with Crippen molar-refractivity contribution >= 4 is 5.91 Å². The van der Waals surface area contributed by atoms with E-state index in [0.717, 1.165) is 12.8 Å². The van der Waals surface area contributed by atoms with Crippen LogP contribution in [0.5, 0.6) is 0 Å². The topological polar surface area (TPSA) is 51.7 Å². The molecule has 0 bridgehead atoms. The predicted octanol–water partition coefficient (Wildman–Crippen LogP) is 1.20. The first-order chi connectivity index (χ1) is 9.20. The Bertz CT molecular complexity index is 489. The van der Waals surface area contributed by atoms with Gasteiger partial charge in [0.05, 0.1) is 25.3 Å². The van der Waals surface area contributed by atoms with Crippen molar-refractivity contribution in [3.8, 4) is 0 Å². The van der Waals surface area contributed by atoms with Gasteiger partial charge in [-0.2, -0.15) is 4.39 Å². The van der Waals surface area contributed by atoms with Crippen molar-refractivity contribution in [2.75, 3.05) is 26.3 Å². The van der Waals surface area contributed by atoms with Crippen molar-refractivity contribution in [2.24, 2.45) is 0 Å².